The van der Waals surface area contributed by atoms with Crippen LogP contribution in [0, 0.1) is 15.9 Å². The molecule has 0 aliphatic heterocycles. The van der Waals surface area contributed by atoms with Gasteiger partial charge in [0.1, 0.15) is 6.61 Å². The van der Waals surface area contributed by atoms with E-state index in [1.54, 1.807) is 30.3 Å². The molecule has 0 aliphatic rings. The number of hydrogen-bond acceptors (Lipinski definition) is 6. The van der Waals surface area contributed by atoms with Crippen molar-refractivity contribution in [2.45, 2.75) is 17.5 Å². The summed E-state index contributed by atoms with van der Waals surface area (Å²) in [4.78, 5) is 10.6. The Morgan fingerprint density at radius 2 is 1.77 bits per heavy atom. The molecule has 9 heteroatoms. The minimum absolute atomic E-state index is 0.0280. The standard InChI is InChI=1S/C22H17FN4O3S/c23-19-11-4-5-12-20(19)30-14-21-24-25-22(26(21)17-8-2-1-3-9-17)31-15-16-7-6-10-18(13-16)27(28)29/h1-13H,14-15H2. The molecule has 1 aromatic heterocycles. The lowest BCUT2D eigenvalue weighted by Crippen LogP contribution is -2.07. The summed E-state index contributed by atoms with van der Waals surface area (Å²) in [6.45, 7) is 0.0280. The average molecular weight is 436 g/mol. The van der Waals surface area contributed by atoms with Gasteiger partial charge in [0.05, 0.1) is 4.92 Å². The van der Waals surface area contributed by atoms with E-state index >= 15 is 0 Å². The van der Waals surface area contributed by atoms with Crippen molar-refractivity contribution in [2.75, 3.05) is 0 Å². The fraction of sp³-hybridized carbons (Fsp3) is 0.0909. The zero-order valence-electron chi connectivity index (χ0n) is 16.2. The van der Waals surface area contributed by atoms with Crippen LogP contribution in [0.3, 0.4) is 0 Å². The molecular weight excluding hydrogens is 419 g/mol. The molecule has 4 aromatic rings. The number of halogens is 1. The molecule has 0 saturated heterocycles. The Labute approximate surface area is 181 Å². The Bertz CT molecular complexity index is 1200. The second kappa shape index (κ2) is 9.40. The molecule has 1 heterocycles. The highest BCUT2D eigenvalue weighted by atomic mass is 32.2. The van der Waals surface area contributed by atoms with Gasteiger partial charge in [0.25, 0.3) is 5.69 Å². The molecule has 3 aromatic carbocycles. The molecule has 0 bridgehead atoms. The third-order valence-corrected chi connectivity index (χ3v) is 5.40. The summed E-state index contributed by atoms with van der Waals surface area (Å²) in [7, 11) is 0. The van der Waals surface area contributed by atoms with Crippen molar-refractivity contribution in [1.82, 2.24) is 14.8 Å². The van der Waals surface area contributed by atoms with Crippen LogP contribution in [0.5, 0.6) is 5.75 Å². The first-order valence-corrected chi connectivity index (χ1v) is 10.3. The first kappa shape index (κ1) is 20.5. The van der Waals surface area contributed by atoms with Crippen LogP contribution in [0.1, 0.15) is 11.4 Å². The van der Waals surface area contributed by atoms with Crippen molar-refractivity contribution in [3.05, 3.63) is 106 Å². The van der Waals surface area contributed by atoms with E-state index in [4.69, 9.17) is 4.74 Å². The lowest BCUT2D eigenvalue weighted by atomic mass is 10.2. The zero-order valence-corrected chi connectivity index (χ0v) is 17.0. The van der Waals surface area contributed by atoms with Crippen LogP contribution < -0.4 is 4.74 Å². The topological polar surface area (TPSA) is 83.1 Å². The van der Waals surface area contributed by atoms with Crippen molar-refractivity contribution >= 4 is 17.4 Å². The number of para-hydroxylation sites is 2. The largest absolute Gasteiger partial charge is 0.483 e. The normalized spacial score (nSPS) is 10.7. The van der Waals surface area contributed by atoms with Crippen LogP contribution in [0.2, 0.25) is 0 Å². The number of aromatic nitrogens is 3. The second-order valence-electron chi connectivity index (χ2n) is 6.50. The molecule has 0 saturated carbocycles. The minimum atomic E-state index is -0.450. The van der Waals surface area contributed by atoms with E-state index < -0.39 is 10.7 Å². The van der Waals surface area contributed by atoms with Crippen molar-refractivity contribution in [3.8, 4) is 11.4 Å². The SMILES string of the molecule is O=[N+]([O-])c1cccc(CSc2nnc(COc3ccccc3F)n2-c2ccccc2)c1. The lowest BCUT2D eigenvalue weighted by Gasteiger charge is -2.11. The summed E-state index contributed by atoms with van der Waals surface area (Å²) in [6, 6.07) is 22.2. The number of benzene rings is 3. The fourth-order valence-corrected chi connectivity index (χ4v) is 3.85. The lowest BCUT2D eigenvalue weighted by molar-refractivity contribution is -0.384. The quantitative estimate of drug-likeness (QED) is 0.215. The number of thioether (sulfide) groups is 1. The molecule has 156 valence electrons. The molecule has 0 spiro atoms. The van der Waals surface area contributed by atoms with Gasteiger partial charge in [-0.2, -0.15) is 0 Å². The van der Waals surface area contributed by atoms with Gasteiger partial charge in [-0.1, -0.05) is 54.2 Å². The van der Waals surface area contributed by atoms with Crippen LogP contribution in [0.25, 0.3) is 5.69 Å². The summed E-state index contributed by atoms with van der Waals surface area (Å²) in [6.07, 6.45) is 0. The summed E-state index contributed by atoms with van der Waals surface area (Å²) in [5.41, 5.74) is 1.67. The summed E-state index contributed by atoms with van der Waals surface area (Å²) in [5, 5.41) is 20.1. The van der Waals surface area contributed by atoms with Crippen LogP contribution in [0.15, 0.2) is 84.0 Å². The van der Waals surface area contributed by atoms with Gasteiger partial charge >= 0.3 is 0 Å². The van der Waals surface area contributed by atoms with Crippen molar-refractivity contribution in [2.24, 2.45) is 0 Å². The van der Waals surface area contributed by atoms with Crippen LogP contribution in [0.4, 0.5) is 10.1 Å². The Hall–Kier alpha value is -3.72. The van der Waals surface area contributed by atoms with Crippen molar-refractivity contribution < 1.29 is 14.1 Å². The molecule has 31 heavy (non-hydrogen) atoms. The number of nitro groups is 1. The molecule has 0 unspecified atom stereocenters. The van der Waals surface area contributed by atoms with Gasteiger partial charge in [0.2, 0.25) is 0 Å². The van der Waals surface area contributed by atoms with E-state index in [0.29, 0.717) is 16.7 Å². The van der Waals surface area contributed by atoms with E-state index in [2.05, 4.69) is 10.2 Å². The summed E-state index contributed by atoms with van der Waals surface area (Å²) >= 11 is 1.40. The predicted molar refractivity (Wildman–Crippen MR) is 115 cm³/mol. The third-order valence-electron chi connectivity index (χ3n) is 4.40. The highest BCUT2D eigenvalue weighted by molar-refractivity contribution is 7.98. The maximum absolute atomic E-state index is 13.9. The second-order valence-corrected chi connectivity index (χ2v) is 7.45. The van der Waals surface area contributed by atoms with Gasteiger partial charge in [0.15, 0.2) is 22.5 Å². The number of nitro benzene ring substituents is 1. The number of rotatable bonds is 8. The minimum Gasteiger partial charge on any atom is -0.483 e. The molecule has 7 nitrogen and oxygen atoms in total. The van der Waals surface area contributed by atoms with Gasteiger partial charge < -0.3 is 4.74 Å². The monoisotopic (exact) mass is 436 g/mol. The Balaban J connectivity index is 1.58. The van der Waals surface area contributed by atoms with Crippen LogP contribution in [-0.4, -0.2) is 19.7 Å². The fourth-order valence-electron chi connectivity index (χ4n) is 2.94. The highest BCUT2D eigenvalue weighted by Crippen LogP contribution is 2.27. The van der Waals surface area contributed by atoms with E-state index in [1.807, 2.05) is 41.0 Å². The van der Waals surface area contributed by atoms with Gasteiger partial charge in [-0.05, 0) is 29.8 Å². The molecule has 0 fully saturated rings. The first-order valence-electron chi connectivity index (χ1n) is 9.35. The molecule has 0 N–H and O–H groups in total. The Morgan fingerprint density at radius 1 is 1.00 bits per heavy atom. The van der Waals surface area contributed by atoms with Gasteiger partial charge in [-0.25, -0.2) is 4.39 Å². The summed E-state index contributed by atoms with van der Waals surface area (Å²) in [5.74, 6) is 0.668. The highest BCUT2D eigenvalue weighted by Gasteiger charge is 2.16. The molecule has 4 rings (SSSR count). The Kier molecular flexibility index (Phi) is 6.23. The van der Waals surface area contributed by atoms with E-state index in [1.165, 1.54) is 23.9 Å². The van der Waals surface area contributed by atoms with Crippen LogP contribution in [-0.2, 0) is 12.4 Å². The van der Waals surface area contributed by atoms with Gasteiger partial charge in [-0.3, -0.25) is 14.7 Å². The average Bonchev–Trinajstić information content (AvgIpc) is 3.20. The molecular formula is C22H17FN4O3S. The van der Waals surface area contributed by atoms with E-state index in [-0.39, 0.29) is 18.0 Å². The van der Waals surface area contributed by atoms with Gasteiger partial charge in [-0.15, -0.1) is 10.2 Å². The number of hydrogen-bond donors (Lipinski definition) is 0. The number of nitrogens with zero attached hydrogens (tertiary/aromatic N) is 4. The molecule has 0 amide bonds. The zero-order chi connectivity index (χ0) is 21.6. The van der Waals surface area contributed by atoms with Crippen molar-refractivity contribution in [3.63, 3.8) is 0 Å². The maximum Gasteiger partial charge on any atom is 0.269 e. The van der Waals surface area contributed by atoms with Crippen LogP contribution >= 0.6 is 11.8 Å². The smallest absolute Gasteiger partial charge is 0.269 e. The third kappa shape index (κ3) is 4.89. The van der Waals surface area contributed by atoms with Crippen molar-refractivity contribution in [1.29, 1.82) is 0 Å². The predicted octanol–water partition coefficient (Wildman–Crippen LogP) is 5.19. The van der Waals surface area contributed by atoms with E-state index in [9.17, 15) is 14.5 Å². The maximum atomic E-state index is 13.9. The van der Waals surface area contributed by atoms with E-state index in [0.717, 1.165) is 11.3 Å². The Morgan fingerprint density at radius 3 is 2.55 bits per heavy atom. The molecule has 0 aliphatic carbocycles. The number of non-ortho nitro benzene ring substituents is 1. The van der Waals surface area contributed by atoms with Gasteiger partial charge in [0, 0.05) is 23.6 Å². The molecule has 0 atom stereocenters. The first-order chi connectivity index (χ1) is 15.1. The summed E-state index contributed by atoms with van der Waals surface area (Å²) < 4.78 is 21.4. The number of ether oxygens (including phenoxy) is 1. The molecule has 0 radical (unpaired) electrons.